The molecule has 0 aliphatic carbocycles. The Morgan fingerprint density at radius 3 is 2.38 bits per heavy atom. The lowest BCUT2D eigenvalue weighted by molar-refractivity contribution is 0.0692. The number of amides is 2. The Morgan fingerprint density at radius 1 is 1.05 bits per heavy atom. The predicted octanol–water partition coefficient (Wildman–Crippen LogP) is 3.28. The highest BCUT2D eigenvalue weighted by Crippen LogP contribution is 2.18. The minimum Gasteiger partial charge on any atom is -0.477 e. The fraction of sp³-hybridized carbons (Fsp3) is 0.200. The quantitative estimate of drug-likeness (QED) is 0.697. The molecule has 0 fully saturated rings. The molecule has 0 aliphatic heterocycles. The van der Waals surface area contributed by atoms with E-state index in [1.54, 1.807) is 19.1 Å². The van der Waals surface area contributed by atoms with Crippen molar-refractivity contribution in [3.8, 4) is 0 Å². The van der Waals surface area contributed by atoms with Crippen molar-refractivity contribution in [2.24, 2.45) is 0 Å². The van der Waals surface area contributed by atoms with E-state index in [4.69, 9.17) is 5.11 Å². The van der Waals surface area contributed by atoms with Crippen LogP contribution in [0.3, 0.4) is 0 Å². The maximum Gasteiger partial charge on any atom is 0.354 e. The van der Waals surface area contributed by atoms with Gasteiger partial charge >= 0.3 is 12.0 Å². The molecule has 0 bridgehead atoms. The Bertz CT molecular complexity index is 704. The predicted molar refractivity (Wildman–Crippen MR) is 81.0 cm³/mol. The number of anilines is 2. The van der Waals surface area contributed by atoms with Crippen LogP contribution in [0.4, 0.5) is 16.2 Å². The summed E-state index contributed by atoms with van der Waals surface area (Å²) in [5.74, 6) is -1.12. The number of carbonyl (C=O) groups is 2. The van der Waals surface area contributed by atoms with Crippen LogP contribution in [0, 0.1) is 20.8 Å². The number of aromatic carboxylic acids is 1. The third-order valence-electron chi connectivity index (χ3n) is 3.18. The van der Waals surface area contributed by atoms with E-state index in [2.05, 4.69) is 15.6 Å². The van der Waals surface area contributed by atoms with Crippen molar-refractivity contribution in [3.05, 3.63) is 46.8 Å². The summed E-state index contributed by atoms with van der Waals surface area (Å²) in [6, 6.07) is 6.65. The average molecular weight is 287 g/mol. The second kappa shape index (κ2) is 5.70. The molecule has 2 rings (SSSR count). The average Bonchev–Trinajstić information content (AvgIpc) is 2.75. The summed E-state index contributed by atoms with van der Waals surface area (Å²) in [6.07, 6.45) is 0. The summed E-state index contributed by atoms with van der Waals surface area (Å²) in [6.45, 7) is 5.66. The Labute approximate surface area is 122 Å². The summed E-state index contributed by atoms with van der Waals surface area (Å²) in [5.41, 5.74) is 3.71. The lowest BCUT2D eigenvalue weighted by Crippen LogP contribution is -2.20. The van der Waals surface area contributed by atoms with Gasteiger partial charge in [0.1, 0.15) is 5.69 Å². The summed E-state index contributed by atoms with van der Waals surface area (Å²) >= 11 is 0. The summed E-state index contributed by atoms with van der Waals surface area (Å²) in [4.78, 5) is 25.7. The van der Waals surface area contributed by atoms with Gasteiger partial charge in [-0.25, -0.2) is 9.59 Å². The molecular formula is C15H17N3O3. The van der Waals surface area contributed by atoms with Crippen LogP contribution >= 0.6 is 0 Å². The first kappa shape index (κ1) is 14.6. The lowest BCUT2D eigenvalue weighted by Gasteiger charge is -2.09. The van der Waals surface area contributed by atoms with Crippen molar-refractivity contribution in [2.75, 3.05) is 10.6 Å². The number of benzene rings is 1. The van der Waals surface area contributed by atoms with E-state index in [-0.39, 0.29) is 11.4 Å². The summed E-state index contributed by atoms with van der Waals surface area (Å²) in [5, 5.41) is 14.3. The van der Waals surface area contributed by atoms with Crippen molar-refractivity contribution in [2.45, 2.75) is 20.8 Å². The van der Waals surface area contributed by atoms with Crippen molar-refractivity contribution in [3.63, 3.8) is 0 Å². The van der Waals surface area contributed by atoms with E-state index >= 15 is 0 Å². The van der Waals surface area contributed by atoms with Crippen LogP contribution in [0.2, 0.25) is 0 Å². The van der Waals surface area contributed by atoms with Gasteiger partial charge in [-0.3, -0.25) is 0 Å². The van der Waals surface area contributed by atoms with Gasteiger partial charge in [0.25, 0.3) is 0 Å². The van der Waals surface area contributed by atoms with Gasteiger partial charge in [0.2, 0.25) is 0 Å². The number of carbonyl (C=O) groups excluding carboxylic acids is 1. The molecule has 0 saturated carbocycles. The number of carboxylic acid groups (broad SMARTS) is 1. The minimum absolute atomic E-state index is 0.0391. The molecule has 0 atom stereocenters. The number of hydrogen-bond acceptors (Lipinski definition) is 2. The SMILES string of the molecule is Cc1cc(NC(=O)Nc2ccc(C)c(C)c2)c(C(=O)O)[nH]1. The second-order valence-electron chi connectivity index (χ2n) is 4.92. The van der Waals surface area contributed by atoms with Crippen LogP contribution in [0.15, 0.2) is 24.3 Å². The number of H-pyrrole nitrogens is 1. The number of urea groups is 1. The van der Waals surface area contributed by atoms with Gasteiger partial charge in [0.05, 0.1) is 5.69 Å². The molecule has 1 heterocycles. The van der Waals surface area contributed by atoms with E-state index in [9.17, 15) is 9.59 Å². The second-order valence-corrected chi connectivity index (χ2v) is 4.92. The van der Waals surface area contributed by atoms with Crippen molar-refractivity contribution >= 4 is 23.4 Å². The number of carboxylic acids is 1. The molecule has 1 aromatic heterocycles. The highest BCUT2D eigenvalue weighted by Gasteiger charge is 2.15. The highest BCUT2D eigenvalue weighted by atomic mass is 16.4. The van der Waals surface area contributed by atoms with Crippen LogP contribution in [-0.2, 0) is 0 Å². The van der Waals surface area contributed by atoms with Crippen LogP contribution in [0.25, 0.3) is 0 Å². The topological polar surface area (TPSA) is 94.2 Å². The van der Waals surface area contributed by atoms with Crippen LogP contribution in [-0.4, -0.2) is 22.1 Å². The van der Waals surface area contributed by atoms with Gasteiger partial charge in [-0.15, -0.1) is 0 Å². The number of nitrogens with one attached hydrogen (secondary N) is 3. The maximum absolute atomic E-state index is 11.9. The van der Waals surface area contributed by atoms with E-state index in [1.807, 2.05) is 26.0 Å². The zero-order valence-corrected chi connectivity index (χ0v) is 12.1. The number of aryl methyl sites for hydroxylation is 3. The Balaban J connectivity index is 2.11. The molecular weight excluding hydrogens is 270 g/mol. The fourth-order valence-electron chi connectivity index (χ4n) is 1.96. The van der Waals surface area contributed by atoms with Crippen molar-refractivity contribution < 1.29 is 14.7 Å². The Morgan fingerprint density at radius 2 is 1.76 bits per heavy atom. The largest absolute Gasteiger partial charge is 0.477 e. The first-order valence-corrected chi connectivity index (χ1v) is 6.45. The monoisotopic (exact) mass is 287 g/mol. The molecule has 6 heteroatoms. The van der Waals surface area contributed by atoms with Crippen molar-refractivity contribution in [1.82, 2.24) is 4.98 Å². The van der Waals surface area contributed by atoms with E-state index in [1.165, 1.54) is 0 Å². The number of aromatic nitrogens is 1. The Hall–Kier alpha value is -2.76. The third kappa shape index (κ3) is 3.42. The Kier molecular flexibility index (Phi) is 3.98. The zero-order valence-electron chi connectivity index (χ0n) is 12.1. The molecule has 2 aromatic rings. The summed E-state index contributed by atoms with van der Waals surface area (Å²) < 4.78 is 0. The molecule has 2 amide bonds. The molecule has 0 saturated heterocycles. The van der Waals surface area contributed by atoms with E-state index < -0.39 is 12.0 Å². The van der Waals surface area contributed by atoms with Gasteiger partial charge in [-0.2, -0.15) is 0 Å². The number of rotatable bonds is 3. The molecule has 0 radical (unpaired) electrons. The standard InChI is InChI=1S/C15H17N3O3/c1-8-4-5-11(6-9(8)2)17-15(21)18-12-7-10(3)16-13(12)14(19)20/h4-7,16H,1-3H3,(H,19,20)(H2,17,18,21). The van der Waals surface area contributed by atoms with Gasteiger partial charge in [-0.1, -0.05) is 6.07 Å². The molecule has 4 N–H and O–H groups in total. The normalized spacial score (nSPS) is 10.2. The van der Waals surface area contributed by atoms with Crippen molar-refractivity contribution in [1.29, 1.82) is 0 Å². The molecule has 110 valence electrons. The first-order valence-electron chi connectivity index (χ1n) is 6.45. The molecule has 1 aromatic carbocycles. The number of aromatic amines is 1. The van der Waals surface area contributed by atoms with Gasteiger partial charge in [0.15, 0.2) is 0 Å². The molecule has 0 spiro atoms. The highest BCUT2D eigenvalue weighted by molar-refractivity contribution is 6.04. The van der Waals surface area contributed by atoms with Gasteiger partial charge in [0, 0.05) is 11.4 Å². The summed E-state index contributed by atoms with van der Waals surface area (Å²) in [7, 11) is 0. The maximum atomic E-state index is 11.9. The molecule has 6 nitrogen and oxygen atoms in total. The van der Waals surface area contributed by atoms with E-state index in [0.29, 0.717) is 11.4 Å². The van der Waals surface area contributed by atoms with Gasteiger partial charge < -0.3 is 20.7 Å². The van der Waals surface area contributed by atoms with Crippen LogP contribution in [0.5, 0.6) is 0 Å². The first-order chi connectivity index (χ1) is 9.86. The molecule has 21 heavy (non-hydrogen) atoms. The fourth-order valence-corrected chi connectivity index (χ4v) is 1.96. The molecule has 0 unspecified atom stereocenters. The minimum atomic E-state index is -1.12. The third-order valence-corrected chi connectivity index (χ3v) is 3.18. The molecule has 0 aliphatic rings. The zero-order chi connectivity index (χ0) is 15.6. The van der Waals surface area contributed by atoms with Gasteiger partial charge in [-0.05, 0) is 50.1 Å². The smallest absolute Gasteiger partial charge is 0.354 e. The van der Waals surface area contributed by atoms with E-state index in [0.717, 1.165) is 11.1 Å². The van der Waals surface area contributed by atoms with Crippen LogP contribution in [0.1, 0.15) is 27.3 Å². The number of hydrogen-bond donors (Lipinski definition) is 4. The van der Waals surface area contributed by atoms with Crippen LogP contribution < -0.4 is 10.6 Å². The lowest BCUT2D eigenvalue weighted by atomic mass is 10.1.